The van der Waals surface area contributed by atoms with Crippen LogP contribution in [0.4, 0.5) is 0 Å². The van der Waals surface area contributed by atoms with E-state index in [1.807, 2.05) is 18.2 Å². The molecule has 0 atom stereocenters. The van der Waals surface area contributed by atoms with Crippen LogP contribution in [0.3, 0.4) is 0 Å². The normalized spacial score (nSPS) is 12.4. The molecule has 55 heavy (non-hydrogen) atoms. The second-order valence-corrected chi connectivity index (χ2v) is 14.6. The molecule has 5 heterocycles. The first-order chi connectivity index (χ1) is 27.3. The first-order valence-corrected chi connectivity index (χ1v) is 18.7. The van der Waals surface area contributed by atoms with E-state index in [0.717, 1.165) is 49.4 Å². The Bertz CT molecular complexity index is 3720. The zero-order valence-electron chi connectivity index (χ0n) is 29.4. The van der Waals surface area contributed by atoms with Crippen LogP contribution < -0.4 is 0 Å². The molecule has 0 aliphatic rings. The first-order valence-electron chi connectivity index (χ1n) is 18.7. The number of rotatable bonds is 3. The summed E-state index contributed by atoms with van der Waals surface area (Å²) in [5.41, 5.74) is 11.4. The highest BCUT2D eigenvalue weighted by molar-refractivity contribution is 6.35. The maximum atomic E-state index is 6.56. The van der Waals surface area contributed by atoms with Crippen molar-refractivity contribution in [3.05, 3.63) is 170 Å². The molecular weight excluding hydrogens is 673 g/mol. The summed E-state index contributed by atoms with van der Waals surface area (Å²) in [5.74, 6) is 0.578. The highest BCUT2D eigenvalue weighted by Crippen LogP contribution is 2.47. The van der Waals surface area contributed by atoms with Gasteiger partial charge in [-0.05, 0) is 58.3 Å². The summed E-state index contributed by atoms with van der Waals surface area (Å²) in [4.78, 5) is 10.8. The van der Waals surface area contributed by atoms with Crippen LogP contribution in [-0.4, -0.2) is 18.9 Å². The van der Waals surface area contributed by atoms with Crippen LogP contribution in [0.1, 0.15) is 0 Å². The monoisotopic (exact) mass is 700 g/mol. The SMILES string of the molecule is c1ccc(-c2ccc3c4cc5c(c6ccccc6n5-c5nc(-c6ccc7ccccc7c6)c6c(n5)oc5ccccc56)c5c6ccccc6n(c3c2)c45)cc1. The topological polar surface area (TPSA) is 48.3 Å². The molecule has 0 fully saturated rings. The van der Waals surface area contributed by atoms with Crippen LogP contribution >= 0.6 is 0 Å². The Kier molecular flexibility index (Phi) is 5.57. The molecule has 8 aromatic carbocycles. The lowest BCUT2D eigenvalue weighted by Crippen LogP contribution is -2.02. The number of furan rings is 1. The lowest BCUT2D eigenvalue weighted by molar-refractivity contribution is 0.651. The lowest BCUT2D eigenvalue weighted by atomic mass is 10.0. The predicted molar refractivity (Wildman–Crippen MR) is 227 cm³/mol. The fraction of sp³-hybridized carbons (Fsp3) is 0. The van der Waals surface area contributed by atoms with Gasteiger partial charge in [0.25, 0.3) is 0 Å². The largest absolute Gasteiger partial charge is 0.437 e. The molecule has 5 nitrogen and oxygen atoms in total. The number of nitrogens with zero attached hydrogens (tertiary/aromatic N) is 4. The van der Waals surface area contributed by atoms with E-state index in [2.05, 4.69) is 161 Å². The second-order valence-electron chi connectivity index (χ2n) is 14.6. The molecule has 0 N–H and O–H groups in total. The Hall–Kier alpha value is -7.50. The summed E-state index contributed by atoms with van der Waals surface area (Å²) >= 11 is 0. The van der Waals surface area contributed by atoms with Crippen molar-refractivity contribution >= 4 is 92.7 Å². The van der Waals surface area contributed by atoms with Crippen molar-refractivity contribution in [3.8, 4) is 28.3 Å². The van der Waals surface area contributed by atoms with E-state index >= 15 is 0 Å². The van der Waals surface area contributed by atoms with Gasteiger partial charge in [-0.15, -0.1) is 0 Å². The van der Waals surface area contributed by atoms with Crippen LogP contribution in [0, 0.1) is 0 Å². The molecule has 0 bridgehead atoms. The molecule has 0 saturated carbocycles. The summed E-state index contributed by atoms with van der Waals surface area (Å²) in [5, 5.41) is 11.5. The Labute approximate surface area is 313 Å². The van der Waals surface area contributed by atoms with E-state index in [1.165, 1.54) is 60.0 Å². The third kappa shape index (κ3) is 3.86. The minimum atomic E-state index is 0.571. The highest BCUT2D eigenvalue weighted by Gasteiger charge is 2.26. The van der Waals surface area contributed by atoms with Gasteiger partial charge in [0.1, 0.15) is 5.58 Å². The van der Waals surface area contributed by atoms with E-state index in [9.17, 15) is 0 Å². The summed E-state index contributed by atoms with van der Waals surface area (Å²) < 4.78 is 11.3. The standard InChI is InChI=1S/C50H28N4O/c1-2-12-29(13-3-1)32-24-25-34-38-28-42-44(45-36-17-7-9-19-39(36)53(48(38)45)41(34)27-32)35-16-6-10-20-40(35)54(42)50-51-47(33-23-22-30-14-4-5-15-31(30)26-33)46-37-18-8-11-21-43(37)55-49(46)52-50/h1-28H. The van der Waals surface area contributed by atoms with Gasteiger partial charge in [-0.2, -0.15) is 4.98 Å². The molecule has 0 aliphatic heterocycles. The van der Waals surface area contributed by atoms with Gasteiger partial charge in [0.2, 0.25) is 11.7 Å². The highest BCUT2D eigenvalue weighted by atomic mass is 16.3. The van der Waals surface area contributed by atoms with Crippen LogP contribution in [0.15, 0.2) is 174 Å². The van der Waals surface area contributed by atoms with Crippen molar-refractivity contribution in [1.29, 1.82) is 0 Å². The number of hydrogen-bond donors (Lipinski definition) is 0. The molecule has 0 unspecified atom stereocenters. The van der Waals surface area contributed by atoms with Crippen molar-refractivity contribution in [2.75, 3.05) is 0 Å². The van der Waals surface area contributed by atoms with Crippen molar-refractivity contribution in [3.63, 3.8) is 0 Å². The number of aromatic nitrogens is 4. The number of fused-ring (bicyclic) bond motifs is 14. The number of para-hydroxylation sites is 3. The van der Waals surface area contributed by atoms with Crippen molar-refractivity contribution in [2.45, 2.75) is 0 Å². The minimum absolute atomic E-state index is 0.571. The van der Waals surface area contributed by atoms with Gasteiger partial charge in [0.05, 0.1) is 38.7 Å². The van der Waals surface area contributed by atoms with E-state index in [-0.39, 0.29) is 0 Å². The maximum Gasteiger partial charge on any atom is 0.238 e. The van der Waals surface area contributed by atoms with E-state index in [0.29, 0.717) is 11.7 Å². The van der Waals surface area contributed by atoms with Crippen molar-refractivity contribution in [1.82, 2.24) is 18.9 Å². The third-order valence-electron chi connectivity index (χ3n) is 11.7. The second kappa shape index (κ2) is 10.6. The molecule has 13 rings (SSSR count). The Balaban J connectivity index is 1.19. The quantitative estimate of drug-likeness (QED) is 0.184. The van der Waals surface area contributed by atoms with Crippen LogP contribution in [0.2, 0.25) is 0 Å². The molecule has 5 heteroatoms. The van der Waals surface area contributed by atoms with Gasteiger partial charge in [0, 0.05) is 43.3 Å². The Morgan fingerprint density at radius 1 is 0.400 bits per heavy atom. The average Bonchev–Trinajstić information content (AvgIpc) is 3.98. The molecule has 0 radical (unpaired) electrons. The van der Waals surface area contributed by atoms with Gasteiger partial charge in [-0.3, -0.25) is 4.57 Å². The molecule has 13 aromatic rings. The Morgan fingerprint density at radius 3 is 1.98 bits per heavy atom. The lowest BCUT2D eigenvalue weighted by Gasteiger charge is -2.10. The molecule has 0 saturated heterocycles. The van der Waals surface area contributed by atoms with Crippen molar-refractivity contribution in [2.24, 2.45) is 0 Å². The number of benzene rings is 8. The molecule has 0 amide bonds. The van der Waals surface area contributed by atoms with Crippen LogP contribution in [-0.2, 0) is 0 Å². The maximum absolute atomic E-state index is 6.56. The molecule has 254 valence electrons. The fourth-order valence-electron chi connectivity index (χ4n) is 9.30. The van der Waals surface area contributed by atoms with Crippen LogP contribution in [0.5, 0.6) is 0 Å². The molecule has 5 aromatic heterocycles. The average molecular weight is 701 g/mol. The van der Waals surface area contributed by atoms with Gasteiger partial charge in [-0.25, -0.2) is 4.98 Å². The van der Waals surface area contributed by atoms with E-state index < -0.39 is 0 Å². The predicted octanol–water partition coefficient (Wildman–Crippen LogP) is 13.1. The zero-order valence-corrected chi connectivity index (χ0v) is 29.4. The first kappa shape index (κ1) is 29.0. The number of hydrogen-bond acceptors (Lipinski definition) is 3. The van der Waals surface area contributed by atoms with E-state index in [4.69, 9.17) is 14.4 Å². The van der Waals surface area contributed by atoms with Crippen molar-refractivity contribution < 1.29 is 4.42 Å². The van der Waals surface area contributed by atoms with Gasteiger partial charge >= 0.3 is 0 Å². The van der Waals surface area contributed by atoms with Gasteiger partial charge < -0.3 is 8.82 Å². The Morgan fingerprint density at radius 2 is 1.11 bits per heavy atom. The smallest absolute Gasteiger partial charge is 0.238 e. The van der Waals surface area contributed by atoms with Gasteiger partial charge in [-0.1, -0.05) is 133 Å². The molecule has 0 aliphatic carbocycles. The van der Waals surface area contributed by atoms with Gasteiger partial charge in [0.15, 0.2) is 0 Å². The van der Waals surface area contributed by atoms with Crippen LogP contribution in [0.25, 0.3) is 121 Å². The molecule has 0 spiro atoms. The summed E-state index contributed by atoms with van der Waals surface area (Å²) in [7, 11) is 0. The summed E-state index contributed by atoms with van der Waals surface area (Å²) in [6, 6.07) is 60.6. The third-order valence-corrected chi connectivity index (χ3v) is 11.7. The minimum Gasteiger partial charge on any atom is -0.437 e. The molecular formula is C50H28N4O. The fourth-order valence-corrected chi connectivity index (χ4v) is 9.30. The van der Waals surface area contributed by atoms with E-state index in [1.54, 1.807) is 0 Å². The summed E-state index contributed by atoms with van der Waals surface area (Å²) in [6.07, 6.45) is 0. The zero-order chi connectivity index (χ0) is 35.8. The summed E-state index contributed by atoms with van der Waals surface area (Å²) in [6.45, 7) is 0.